The van der Waals surface area contributed by atoms with Crippen molar-refractivity contribution in [2.24, 2.45) is 0 Å². The SMILES string of the molecule is [2H]C([2H])([2H])C([2H])(N[13C](=[18O])C(C)[15N](C)C)C(=O)ON1C(=O)CCC1=O. The standard InChI is InChI=1S/C12H19N3O5/c1-7(13-11(18)8(2)14(3)4)12(19)20-15-9(16)5-6-10(15)17/h7-8H,5-6H2,1-4H3,(H,13,18)/i1D3,7D,11+1,14+1,18+2. The lowest BCUT2D eigenvalue weighted by Gasteiger charge is -2.22. The number of amides is 3. The Kier molecular flexibility index (Phi) is 3.49. The fraction of sp³-hybridized carbons (Fsp3) is 0.667. The Morgan fingerprint density at radius 2 is 2.05 bits per heavy atom. The minimum atomic E-state index is -3.29. The van der Waals surface area contributed by atoms with Crippen LogP contribution in [0.5, 0.6) is 0 Å². The highest BCUT2D eigenvalue weighted by molar-refractivity contribution is 6.01. The molecular formula is C12H19N3O5. The van der Waals surface area contributed by atoms with Gasteiger partial charge in [0.25, 0.3) is 11.8 Å². The Bertz CT molecular complexity index is 549. The van der Waals surface area contributed by atoms with Gasteiger partial charge in [-0.1, -0.05) is 0 Å². The van der Waals surface area contributed by atoms with E-state index in [0.717, 1.165) is 0 Å². The quantitative estimate of drug-likeness (QED) is 0.304. The van der Waals surface area contributed by atoms with Crippen LogP contribution in [0.1, 0.15) is 32.1 Å². The molecule has 1 fully saturated rings. The fourth-order valence-electron chi connectivity index (χ4n) is 1.30. The van der Waals surface area contributed by atoms with Crippen LogP contribution < -0.4 is 5.32 Å². The molecule has 0 bridgehead atoms. The topological polar surface area (TPSA) is 96.0 Å². The van der Waals surface area contributed by atoms with Crippen molar-refractivity contribution >= 4 is 23.7 Å². The lowest BCUT2D eigenvalue weighted by molar-refractivity contribution is -0.198. The third kappa shape index (κ3) is 3.77. The second-order valence-corrected chi connectivity index (χ2v) is 4.46. The number of hydrogen-bond acceptors (Lipinski definition) is 6. The van der Waals surface area contributed by atoms with Crippen LogP contribution in [-0.4, -0.2) is 59.8 Å². The minimum absolute atomic E-state index is 0.124. The molecule has 1 aliphatic heterocycles. The number of nitrogens with one attached hydrogen (secondary N) is 1. The molecule has 1 saturated heterocycles. The minimum Gasteiger partial charge on any atom is -0.342 e. The van der Waals surface area contributed by atoms with Gasteiger partial charge in [-0.15, -0.1) is 5.06 Å². The molecule has 1 heterocycles. The summed E-state index contributed by atoms with van der Waals surface area (Å²) in [5.74, 6) is -4.30. The first-order valence-corrected chi connectivity index (χ1v) is 5.88. The summed E-state index contributed by atoms with van der Waals surface area (Å²) in [5, 5.41) is 1.94. The second-order valence-electron chi connectivity index (χ2n) is 4.46. The average Bonchev–Trinajstić information content (AvgIpc) is 2.76. The molecule has 0 saturated carbocycles. The molecule has 8 nitrogen and oxygen atoms in total. The monoisotopic (exact) mass is 293 g/mol. The van der Waals surface area contributed by atoms with Crippen molar-refractivity contribution in [3.8, 4) is 0 Å². The van der Waals surface area contributed by atoms with E-state index in [4.69, 9.17) is 5.48 Å². The molecule has 0 aromatic carbocycles. The van der Waals surface area contributed by atoms with Gasteiger partial charge in [-0.05, 0) is 27.9 Å². The van der Waals surface area contributed by atoms with Crippen LogP contribution in [0.2, 0.25) is 0 Å². The highest BCUT2D eigenvalue weighted by Crippen LogP contribution is 2.12. The molecule has 0 aromatic rings. The Labute approximate surface area is 122 Å². The van der Waals surface area contributed by atoms with Crippen LogP contribution in [0.25, 0.3) is 0 Å². The number of imide groups is 1. The summed E-state index contributed by atoms with van der Waals surface area (Å²) < 4.78 is 30.0. The Morgan fingerprint density at radius 3 is 2.50 bits per heavy atom. The first-order chi connectivity index (χ1) is 10.8. The molecule has 0 spiro atoms. The van der Waals surface area contributed by atoms with Gasteiger partial charge in [0.1, 0.15) is 6.02 Å². The van der Waals surface area contributed by atoms with Gasteiger partial charge in [0, 0.05) is 17.0 Å². The molecule has 8 heteroatoms. The van der Waals surface area contributed by atoms with Gasteiger partial charge in [0.15, 0.2) is 0 Å². The number of likely N-dealkylation sites (N-methyl/N-ethyl adjacent to an activating group) is 1. The normalized spacial score (nSPS) is 23.3. The lowest BCUT2D eigenvalue weighted by Crippen LogP contribution is -2.49. The van der Waals surface area contributed by atoms with E-state index in [9.17, 15) is 19.2 Å². The maximum absolute atomic E-state index is 12.1. The van der Waals surface area contributed by atoms with Crippen LogP contribution in [0.4, 0.5) is 0 Å². The largest absolute Gasteiger partial charge is 0.354 e. The second kappa shape index (κ2) is 6.47. The van der Waals surface area contributed by atoms with E-state index < -0.39 is 42.6 Å². The van der Waals surface area contributed by atoms with Gasteiger partial charge in [-0.3, -0.25) is 19.3 Å². The lowest BCUT2D eigenvalue weighted by atomic mass is 10.3. The molecule has 112 valence electrons. The predicted molar refractivity (Wildman–Crippen MR) is 67.9 cm³/mol. The average molecular weight is 293 g/mol. The van der Waals surface area contributed by atoms with Crippen molar-refractivity contribution in [1.29, 1.82) is 0 Å². The number of hydroxylamine groups is 2. The maximum atomic E-state index is 12.1. The van der Waals surface area contributed by atoms with Gasteiger partial charge in [-0.2, -0.15) is 0 Å². The highest BCUT2D eigenvalue weighted by Gasteiger charge is 2.34. The van der Waals surface area contributed by atoms with Crippen molar-refractivity contribution < 1.29 is 29.5 Å². The van der Waals surface area contributed by atoms with Crippen molar-refractivity contribution in [2.45, 2.75) is 38.7 Å². The summed E-state index contributed by atoms with van der Waals surface area (Å²) in [4.78, 5) is 53.0. The van der Waals surface area contributed by atoms with Gasteiger partial charge in [-0.25, -0.2) is 4.79 Å². The summed E-state index contributed by atoms with van der Waals surface area (Å²) in [6, 6.07) is -4.00. The van der Waals surface area contributed by atoms with Crippen LogP contribution in [-0.2, 0) is 24.0 Å². The first-order valence-electron chi connectivity index (χ1n) is 7.88. The smallest absolute Gasteiger partial charge is 0.342 e. The molecule has 0 radical (unpaired) electrons. The molecular weight excluding hydrogens is 270 g/mol. The van der Waals surface area contributed by atoms with Crippen molar-refractivity contribution in [2.75, 3.05) is 14.1 Å². The van der Waals surface area contributed by atoms with Crippen LogP contribution in [0.3, 0.4) is 0 Å². The predicted octanol–water partition coefficient (Wildman–Crippen LogP) is -0.952. The molecule has 3 amide bonds. The third-order valence-electron chi connectivity index (χ3n) is 2.79. The number of nitrogens with zero attached hydrogens (tertiary/aromatic N) is 2. The van der Waals surface area contributed by atoms with E-state index in [0.29, 0.717) is 0 Å². The van der Waals surface area contributed by atoms with Gasteiger partial charge in [0.05, 0.1) is 7.41 Å². The third-order valence-corrected chi connectivity index (χ3v) is 2.79. The van der Waals surface area contributed by atoms with E-state index in [2.05, 4.69) is 4.84 Å². The zero-order valence-corrected chi connectivity index (χ0v) is 11.4. The molecule has 2 unspecified atom stereocenters. The van der Waals surface area contributed by atoms with Gasteiger partial charge >= 0.3 is 5.97 Å². The molecule has 20 heavy (non-hydrogen) atoms. The summed E-state index contributed by atoms with van der Waals surface area (Å²) >= 11 is 0. The molecule has 2 atom stereocenters. The number of hydrogen-bond donors (Lipinski definition) is 1. The Balaban J connectivity index is 3.03. The van der Waals surface area contributed by atoms with E-state index in [-0.39, 0.29) is 17.9 Å². The molecule has 0 aliphatic carbocycles. The highest BCUT2D eigenvalue weighted by atomic mass is 18.1. The van der Waals surface area contributed by atoms with Crippen LogP contribution >= 0.6 is 0 Å². The molecule has 1 N–H and O–H groups in total. The Hall–Kier alpha value is -1.96. The Morgan fingerprint density at radius 1 is 1.50 bits per heavy atom. The summed E-state index contributed by atoms with van der Waals surface area (Å²) in [6.45, 7) is -1.86. The van der Waals surface area contributed by atoms with Crippen LogP contribution in [0, 0.1) is 0 Å². The zero-order chi connectivity index (χ0) is 18.9. The molecule has 1 rings (SSSR count). The van der Waals surface area contributed by atoms with E-state index in [1.807, 2.05) is 5.32 Å². The summed E-state index contributed by atoms with van der Waals surface area (Å²) in [5.41, 5.74) is 0. The number of carbonyl (C=O) groups is 4. The van der Waals surface area contributed by atoms with Crippen LogP contribution in [0.15, 0.2) is 0 Å². The maximum Gasteiger partial charge on any atom is 0.354 e. The molecule has 0 aromatic heterocycles. The summed E-state index contributed by atoms with van der Waals surface area (Å²) in [6.07, 6.45) is -0.371. The van der Waals surface area contributed by atoms with E-state index in [1.54, 1.807) is 14.1 Å². The number of carbonyl (C=O) groups excluding carboxylic acids is 4. The first kappa shape index (κ1) is 10.8. The van der Waals surface area contributed by atoms with E-state index >= 15 is 0 Å². The van der Waals surface area contributed by atoms with Gasteiger partial charge < -0.3 is 10.2 Å². The fourth-order valence-corrected chi connectivity index (χ4v) is 1.30. The zero-order valence-electron chi connectivity index (χ0n) is 15.4. The van der Waals surface area contributed by atoms with Crippen molar-refractivity contribution in [3.63, 3.8) is 0 Å². The molecule has 1 aliphatic rings. The van der Waals surface area contributed by atoms with E-state index in [1.165, 1.54) is 11.8 Å². The summed E-state index contributed by atoms with van der Waals surface area (Å²) in [7, 11) is 3.09. The van der Waals surface area contributed by atoms with Gasteiger partial charge in [0.2, 0.25) is 5.91 Å². The van der Waals surface area contributed by atoms with Crippen molar-refractivity contribution in [3.05, 3.63) is 0 Å². The number of rotatable bonds is 5. The van der Waals surface area contributed by atoms with Crippen molar-refractivity contribution in [1.82, 2.24) is 15.3 Å².